The standard InChI is InChI=1S/C13H17ClN2S/c1-13(6-2-3-7-13)16-9-4-5-10(12(15)17)11(14)8-9/h4-5,8,16H,2-3,6-7H2,1H3,(H2,15,17). The fraction of sp³-hybridized carbons (Fsp3) is 0.462. The van der Waals surface area contributed by atoms with Gasteiger partial charge >= 0.3 is 0 Å². The summed E-state index contributed by atoms with van der Waals surface area (Å²) in [6, 6.07) is 5.77. The number of anilines is 1. The van der Waals surface area contributed by atoms with E-state index in [4.69, 9.17) is 29.6 Å². The second kappa shape index (κ2) is 4.83. The van der Waals surface area contributed by atoms with Crippen LogP contribution >= 0.6 is 23.8 Å². The summed E-state index contributed by atoms with van der Waals surface area (Å²) < 4.78 is 0. The third-order valence-corrected chi connectivity index (χ3v) is 3.92. The van der Waals surface area contributed by atoms with Crippen LogP contribution in [0.15, 0.2) is 18.2 Å². The first-order valence-electron chi connectivity index (χ1n) is 5.88. The fourth-order valence-electron chi connectivity index (χ4n) is 2.42. The zero-order valence-electron chi connectivity index (χ0n) is 9.92. The Morgan fingerprint density at radius 2 is 2.06 bits per heavy atom. The van der Waals surface area contributed by atoms with Crippen LogP contribution in [-0.2, 0) is 0 Å². The Labute approximate surface area is 113 Å². The van der Waals surface area contributed by atoms with E-state index < -0.39 is 0 Å². The highest BCUT2D eigenvalue weighted by molar-refractivity contribution is 7.80. The van der Waals surface area contributed by atoms with Crippen LogP contribution in [0.3, 0.4) is 0 Å². The molecule has 0 unspecified atom stereocenters. The summed E-state index contributed by atoms with van der Waals surface area (Å²) in [6.45, 7) is 2.26. The van der Waals surface area contributed by atoms with Gasteiger partial charge < -0.3 is 11.1 Å². The van der Waals surface area contributed by atoms with Crippen molar-refractivity contribution in [2.45, 2.75) is 38.1 Å². The van der Waals surface area contributed by atoms with E-state index in [1.54, 1.807) is 0 Å². The first kappa shape index (κ1) is 12.7. The Bertz CT molecular complexity index is 439. The molecule has 0 aromatic heterocycles. The molecule has 1 aromatic carbocycles. The lowest BCUT2D eigenvalue weighted by Gasteiger charge is -2.27. The number of benzene rings is 1. The Balaban J connectivity index is 2.17. The van der Waals surface area contributed by atoms with Crippen molar-refractivity contribution in [3.8, 4) is 0 Å². The van der Waals surface area contributed by atoms with E-state index in [-0.39, 0.29) is 5.54 Å². The van der Waals surface area contributed by atoms with Gasteiger partial charge in [0, 0.05) is 16.8 Å². The maximum atomic E-state index is 6.15. The summed E-state index contributed by atoms with van der Waals surface area (Å²) in [5.41, 5.74) is 7.56. The van der Waals surface area contributed by atoms with Gasteiger partial charge in [0.05, 0.1) is 5.02 Å². The molecule has 2 nitrogen and oxygen atoms in total. The number of nitrogens with one attached hydrogen (secondary N) is 1. The topological polar surface area (TPSA) is 38.0 Å². The molecular formula is C13H17ClN2S. The van der Waals surface area contributed by atoms with E-state index in [9.17, 15) is 0 Å². The summed E-state index contributed by atoms with van der Waals surface area (Å²) in [5.74, 6) is 0. The molecule has 4 heteroatoms. The van der Waals surface area contributed by atoms with Gasteiger partial charge in [0.25, 0.3) is 0 Å². The first-order chi connectivity index (χ1) is 8.00. The highest BCUT2D eigenvalue weighted by Gasteiger charge is 2.28. The van der Waals surface area contributed by atoms with E-state index in [0.717, 1.165) is 11.3 Å². The molecule has 1 saturated carbocycles. The fourth-order valence-corrected chi connectivity index (χ4v) is 2.94. The molecule has 0 radical (unpaired) electrons. The molecule has 17 heavy (non-hydrogen) atoms. The molecule has 1 fully saturated rings. The number of nitrogens with two attached hydrogens (primary N) is 1. The minimum Gasteiger partial charge on any atom is -0.389 e. The summed E-state index contributed by atoms with van der Waals surface area (Å²) in [7, 11) is 0. The molecule has 0 bridgehead atoms. The van der Waals surface area contributed by atoms with Crippen LogP contribution in [0.2, 0.25) is 5.02 Å². The quantitative estimate of drug-likeness (QED) is 0.821. The molecule has 0 heterocycles. The predicted molar refractivity (Wildman–Crippen MR) is 77.8 cm³/mol. The SMILES string of the molecule is CC1(Nc2ccc(C(N)=S)c(Cl)c2)CCCC1. The Hall–Kier alpha value is -0.800. The minimum absolute atomic E-state index is 0.202. The second-order valence-corrected chi connectivity index (χ2v) is 5.80. The molecule has 3 N–H and O–H groups in total. The van der Waals surface area contributed by atoms with Gasteiger partial charge in [-0.2, -0.15) is 0 Å². The molecule has 0 aliphatic heterocycles. The number of rotatable bonds is 3. The van der Waals surface area contributed by atoms with Crippen molar-refractivity contribution in [3.63, 3.8) is 0 Å². The van der Waals surface area contributed by atoms with Crippen LogP contribution in [0.25, 0.3) is 0 Å². The van der Waals surface area contributed by atoms with Crippen LogP contribution in [0, 0.1) is 0 Å². The average molecular weight is 269 g/mol. The maximum absolute atomic E-state index is 6.15. The van der Waals surface area contributed by atoms with Gasteiger partial charge in [-0.05, 0) is 38.0 Å². The Morgan fingerprint density at radius 3 is 2.59 bits per heavy atom. The van der Waals surface area contributed by atoms with Crippen LogP contribution in [0.1, 0.15) is 38.2 Å². The number of hydrogen-bond donors (Lipinski definition) is 2. The van der Waals surface area contributed by atoms with Gasteiger partial charge in [-0.25, -0.2) is 0 Å². The van der Waals surface area contributed by atoms with Gasteiger partial charge in [0.2, 0.25) is 0 Å². The molecule has 1 aromatic rings. The summed E-state index contributed by atoms with van der Waals surface area (Å²) in [5, 5.41) is 4.17. The van der Waals surface area contributed by atoms with E-state index in [2.05, 4.69) is 12.2 Å². The van der Waals surface area contributed by atoms with Crippen LogP contribution in [0.4, 0.5) is 5.69 Å². The van der Waals surface area contributed by atoms with Crippen molar-refractivity contribution in [1.82, 2.24) is 0 Å². The molecule has 92 valence electrons. The first-order valence-corrected chi connectivity index (χ1v) is 6.66. The van der Waals surface area contributed by atoms with Crippen LogP contribution in [-0.4, -0.2) is 10.5 Å². The highest BCUT2D eigenvalue weighted by atomic mass is 35.5. The lowest BCUT2D eigenvalue weighted by Crippen LogP contribution is -2.30. The average Bonchev–Trinajstić information content (AvgIpc) is 2.64. The normalized spacial score (nSPS) is 18.0. The number of thiocarbonyl (C=S) groups is 1. The predicted octanol–water partition coefficient (Wildman–Crippen LogP) is 3.72. The van der Waals surface area contributed by atoms with Crippen LogP contribution in [0.5, 0.6) is 0 Å². The Kier molecular flexibility index (Phi) is 3.59. The third-order valence-electron chi connectivity index (χ3n) is 3.39. The number of halogens is 1. The van der Waals surface area contributed by atoms with Crippen molar-refractivity contribution in [3.05, 3.63) is 28.8 Å². The minimum atomic E-state index is 0.202. The molecule has 0 amide bonds. The summed E-state index contributed by atoms with van der Waals surface area (Å²) >= 11 is 11.1. The van der Waals surface area contributed by atoms with Gasteiger partial charge in [-0.15, -0.1) is 0 Å². The zero-order chi connectivity index (χ0) is 12.5. The van der Waals surface area contributed by atoms with Crippen molar-refractivity contribution in [2.75, 3.05) is 5.32 Å². The number of hydrogen-bond acceptors (Lipinski definition) is 2. The molecule has 1 aliphatic carbocycles. The lowest BCUT2D eigenvalue weighted by molar-refractivity contribution is 0.533. The van der Waals surface area contributed by atoms with E-state index in [1.165, 1.54) is 25.7 Å². The Morgan fingerprint density at radius 1 is 1.41 bits per heavy atom. The molecule has 0 saturated heterocycles. The van der Waals surface area contributed by atoms with Gasteiger partial charge in [0.1, 0.15) is 4.99 Å². The molecule has 2 rings (SSSR count). The van der Waals surface area contributed by atoms with Crippen molar-refractivity contribution in [2.24, 2.45) is 5.73 Å². The smallest absolute Gasteiger partial charge is 0.105 e. The highest BCUT2D eigenvalue weighted by Crippen LogP contribution is 2.33. The summed E-state index contributed by atoms with van der Waals surface area (Å²) in [4.78, 5) is 0.341. The zero-order valence-corrected chi connectivity index (χ0v) is 11.5. The van der Waals surface area contributed by atoms with E-state index in [1.807, 2.05) is 18.2 Å². The van der Waals surface area contributed by atoms with Crippen LogP contribution < -0.4 is 11.1 Å². The van der Waals surface area contributed by atoms with Crippen molar-refractivity contribution >= 4 is 34.5 Å². The largest absolute Gasteiger partial charge is 0.389 e. The monoisotopic (exact) mass is 268 g/mol. The van der Waals surface area contributed by atoms with Crippen molar-refractivity contribution < 1.29 is 0 Å². The third kappa shape index (κ3) is 2.90. The van der Waals surface area contributed by atoms with Gasteiger partial charge in [-0.1, -0.05) is 36.7 Å². The van der Waals surface area contributed by atoms with Gasteiger partial charge in [0.15, 0.2) is 0 Å². The summed E-state index contributed by atoms with van der Waals surface area (Å²) in [6.07, 6.45) is 5.01. The van der Waals surface area contributed by atoms with Crippen molar-refractivity contribution in [1.29, 1.82) is 0 Å². The lowest BCUT2D eigenvalue weighted by atomic mass is 10.00. The molecule has 0 atom stereocenters. The maximum Gasteiger partial charge on any atom is 0.105 e. The molecular weight excluding hydrogens is 252 g/mol. The molecule has 1 aliphatic rings. The van der Waals surface area contributed by atoms with E-state index >= 15 is 0 Å². The molecule has 0 spiro atoms. The van der Waals surface area contributed by atoms with E-state index in [0.29, 0.717) is 10.0 Å². The second-order valence-electron chi connectivity index (χ2n) is 4.95. The van der Waals surface area contributed by atoms with Gasteiger partial charge in [-0.3, -0.25) is 0 Å².